The number of halogens is 1. The minimum atomic E-state index is -1.34. The zero-order valence-corrected chi connectivity index (χ0v) is 15.1. The van der Waals surface area contributed by atoms with E-state index in [1.54, 1.807) is 13.8 Å². The second-order valence-electron chi connectivity index (χ2n) is 6.25. The number of hydrogen-bond donors (Lipinski definition) is 3. The van der Waals surface area contributed by atoms with E-state index < -0.39 is 40.1 Å². The quantitative estimate of drug-likeness (QED) is 0.569. The Bertz CT molecular complexity index is 652. The minimum absolute atomic E-state index is 0.307. The van der Waals surface area contributed by atoms with Crippen LogP contribution in [0, 0.1) is 17.7 Å². The SMILES string of the molecule is CC(N[S+]([O-])C(C)(C)C)c1cc(F)cnc1C#C[C@@H](C)NC(=O)O. The number of aromatic nitrogens is 1. The van der Waals surface area contributed by atoms with Gasteiger partial charge in [-0.3, -0.25) is 0 Å². The van der Waals surface area contributed by atoms with Gasteiger partial charge in [0.25, 0.3) is 0 Å². The molecule has 0 aliphatic rings. The summed E-state index contributed by atoms with van der Waals surface area (Å²) < 4.78 is 28.2. The van der Waals surface area contributed by atoms with Crippen LogP contribution >= 0.6 is 0 Å². The minimum Gasteiger partial charge on any atom is -0.598 e. The molecule has 1 rings (SSSR count). The summed E-state index contributed by atoms with van der Waals surface area (Å²) in [5, 5.41) is 10.8. The van der Waals surface area contributed by atoms with Gasteiger partial charge in [0.2, 0.25) is 0 Å². The Morgan fingerprint density at radius 2 is 2.08 bits per heavy atom. The molecular weight excluding hydrogens is 333 g/mol. The maximum atomic E-state index is 13.5. The molecule has 0 aliphatic heterocycles. The van der Waals surface area contributed by atoms with Crippen molar-refractivity contribution >= 4 is 17.5 Å². The standard InChI is InChI=1S/C16H22FN3O3S/c1-10(19-15(21)22)6-7-14-13(8-12(17)9-18-14)11(2)20-24(23)16(3,4)5/h8-11,19-20H,1-5H3,(H,21,22)/t10-,11?,24?/m1/s1. The Hall–Kier alpha value is -1.82. The highest BCUT2D eigenvalue weighted by Gasteiger charge is 2.29. The van der Waals surface area contributed by atoms with Crippen LogP contribution in [0.1, 0.15) is 51.9 Å². The third-order valence-electron chi connectivity index (χ3n) is 2.94. The van der Waals surface area contributed by atoms with Crippen LogP contribution in [0.2, 0.25) is 0 Å². The molecule has 8 heteroatoms. The molecule has 0 saturated carbocycles. The molecule has 1 heterocycles. The van der Waals surface area contributed by atoms with Gasteiger partial charge in [0, 0.05) is 16.9 Å². The number of rotatable bonds is 4. The second kappa shape index (κ2) is 8.33. The molecule has 0 radical (unpaired) electrons. The Labute approximate surface area is 144 Å². The van der Waals surface area contributed by atoms with Gasteiger partial charge in [-0.05, 0) is 46.6 Å². The lowest BCUT2D eigenvalue weighted by Crippen LogP contribution is -2.40. The number of hydrogen-bond acceptors (Lipinski definition) is 4. The van der Waals surface area contributed by atoms with Crippen LogP contribution in [-0.4, -0.2) is 31.5 Å². The summed E-state index contributed by atoms with van der Waals surface area (Å²) in [4.78, 5) is 14.5. The fourth-order valence-electron chi connectivity index (χ4n) is 1.69. The lowest BCUT2D eigenvalue weighted by molar-refractivity contribution is 0.193. The van der Waals surface area contributed by atoms with Gasteiger partial charge < -0.3 is 15.0 Å². The highest BCUT2D eigenvalue weighted by molar-refractivity contribution is 7.90. The third kappa shape index (κ3) is 6.35. The van der Waals surface area contributed by atoms with Gasteiger partial charge in [-0.25, -0.2) is 14.2 Å². The van der Waals surface area contributed by atoms with E-state index in [2.05, 4.69) is 26.9 Å². The van der Waals surface area contributed by atoms with E-state index >= 15 is 0 Å². The first-order valence-corrected chi connectivity index (χ1v) is 8.50. The van der Waals surface area contributed by atoms with E-state index in [9.17, 15) is 13.7 Å². The highest BCUT2D eigenvalue weighted by Crippen LogP contribution is 2.21. The average molecular weight is 355 g/mol. The fraction of sp³-hybridized carbons (Fsp3) is 0.500. The van der Waals surface area contributed by atoms with E-state index in [1.807, 2.05) is 20.8 Å². The largest absolute Gasteiger partial charge is 0.598 e. The smallest absolute Gasteiger partial charge is 0.405 e. The van der Waals surface area contributed by atoms with Gasteiger partial charge in [-0.15, -0.1) is 4.72 Å². The van der Waals surface area contributed by atoms with Crippen LogP contribution in [0.25, 0.3) is 0 Å². The van der Waals surface area contributed by atoms with Crippen LogP contribution in [0.3, 0.4) is 0 Å². The molecule has 0 saturated heterocycles. The van der Waals surface area contributed by atoms with Gasteiger partial charge in [-0.1, -0.05) is 5.92 Å². The Balaban J connectivity index is 3.04. The van der Waals surface area contributed by atoms with E-state index in [0.29, 0.717) is 11.3 Å². The van der Waals surface area contributed by atoms with E-state index in [-0.39, 0.29) is 0 Å². The monoisotopic (exact) mass is 355 g/mol. The maximum absolute atomic E-state index is 13.5. The molecule has 0 fully saturated rings. The summed E-state index contributed by atoms with van der Waals surface area (Å²) in [5.74, 6) is 4.92. The number of pyridine rings is 1. The molecule has 0 aromatic carbocycles. The molecule has 3 atom stereocenters. The predicted molar refractivity (Wildman–Crippen MR) is 91.1 cm³/mol. The molecule has 2 unspecified atom stereocenters. The van der Waals surface area contributed by atoms with Crippen molar-refractivity contribution in [3.8, 4) is 11.8 Å². The van der Waals surface area contributed by atoms with Gasteiger partial charge >= 0.3 is 6.09 Å². The summed E-state index contributed by atoms with van der Waals surface area (Å²) in [6.07, 6.45) is -0.143. The van der Waals surface area contributed by atoms with Gasteiger partial charge in [0.1, 0.15) is 16.3 Å². The Kier molecular flexibility index (Phi) is 7.02. The van der Waals surface area contributed by atoms with Crippen LogP contribution in [0.15, 0.2) is 12.3 Å². The second-order valence-corrected chi connectivity index (χ2v) is 8.25. The first-order valence-electron chi connectivity index (χ1n) is 7.35. The van der Waals surface area contributed by atoms with Gasteiger partial charge in [0.15, 0.2) is 0 Å². The van der Waals surface area contributed by atoms with Crippen LogP contribution < -0.4 is 10.0 Å². The zero-order chi connectivity index (χ0) is 18.5. The Morgan fingerprint density at radius 1 is 1.46 bits per heavy atom. The number of carboxylic acid groups (broad SMARTS) is 1. The predicted octanol–water partition coefficient (Wildman–Crippen LogP) is 2.34. The first kappa shape index (κ1) is 20.2. The number of carbonyl (C=O) groups is 1. The average Bonchev–Trinajstić information content (AvgIpc) is 2.44. The van der Waals surface area contributed by atoms with E-state index in [0.717, 1.165) is 6.20 Å². The molecule has 0 spiro atoms. The lowest BCUT2D eigenvalue weighted by Gasteiger charge is -2.26. The molecule has 3 N–H and O–H groups in total. The topological polar surface area (TPSA) is 97.3 Å². The van der Waals surface area contributed by atoms with Crippen molar-refractivity contribution in [1.29, 1.82) is 0 Å². The van der Waals surface area contributed by atoms with Crippen molar-refractivity contribution in [2.24, 2.45) is 0 Å². The van der Waals surface area contributed by atoms with Crippen molar-refractivity contribution in [2.75, 3.05) is 0 Å². The molecule has 1 amide bonds. The maximum Gasteiger partial charge on any atom is 0.405 e. The fourth-order valence-corrected chi connectivity index (χ4v) is 2.49. The number of nitrogens with zero attached hydrogens (tertiary/aromatic N) is 1. The third-order valence-corrected chi connectivity index (χ3v) is 4.62. The number of amides is 1. The first-order chi connectivity index (χ1) is 11.0. The lowest BCUT2D eigenvalue weighted by atomic mass is 10.1. The highest BCUT2D eigenvalue weighted by atomic mass is 32.2. The number of nitrogens with one attached hydrogen (secondary N) is 2. The Morgan fingerprint density at radius 3 is 2.62 bits per heavy atom. The molecule has 0 aliphatic carbocycles. The molecule has 1 aromatic rings. The summed E-state index contributed by atoms with van der Waals surface area (Å²) in [5.41, 5.74) is 0.768. The van der Waals surface area contributed by atoms with Crippen molar-refractivity contribution in [3.05, 3.63) is 29.3 Å². The summed E-state index contributed by atoms with van der Waals surface area (Å²) in [6, 6.07) is 0.235. The van der Waals surface area contributed by atoms with Crippen molar-refractivity contribution in [3.63, 3.8) is 0 Å². The molecule has 132 valence electrons. The molecule has 6 nitrogen and oxygen atoms in total. The van der Waals surface area contributed by atoms with Gasteiger partial charge in [0.05, 0.1) is 18.3 Å². The molecular formula is C16H22FN3O3S. The normalized spacial score (nSPS) is 15.0. The molecule has 24 heavy (non-hydrogen) atoms. The summed E-state index contributed by atoms with van der Waals surface area (Å²) in [6.45, 7) is 8.80. The van der Waals surface area contributed by atoms with Gasteiger partial charge in [-0.2, -0.15) is 0 Å². The van der Waals surface area contributed by atoms with Crippen molar-refractivity contribution in [2.45, 2.75) is 51.4 Å². The molecule has 1 aromatic heterocycles. The van der Waals surface area contributed by atoms with Crippen molar-refractivity contribution < 1.29 is 18.8 Å². The van der Waals surface area contributed by atoms with Crippen molar-refractivity contribution in [1.82, 2.24) is 15.0 Å². The van der Waals surface area contributed by atoms with E-state index in [4.69, 9.17) is 5.11 Å². The summed E-state index contributed by atoms with van der Waals surface area (Å²) in [7, 11) is 0. The summed E-state index contributed by atoms with van der Waals surface area (Å²) >= 11 is -1.34. The van der Waals surface area contributed by atoms with Crippen LogP contribution in [0.5, 0.6) is 0 Å². The molecule has 0 bridgehead atoms. The van der Waals surface area contributed by atoms with E-state index in [1.165, 1.54) is 6.07 Å². The van der Waals surface area contributed by atoms with Crippen LogP contribution in [-0.2, 0) is 11.4 Å². The zero-order valence-electron chi connectivity index (χ0n) is 14.3. The van der Waals surface area contributed by atoms with Crippen LogP contribution in [0.4, 0.5) is 9.18 Å².